The summed E-state index contributed by atoms with van der Waals surface area (Å²) in [6.07, 6.45) is 1.84. The lowest BCUT2D eigenvalue weighted by molar-refractivity contribution is -0.143. The molecule has 0 fully saturated rings. The predicted octanol–water partition coefficient (Wildman–Crippen LogP) is -3.72. The normalized spacial score (nSPS) is 14.4. The average Bonchev–Trinajstić information content (AvgIpc) is 3.09. The third kappa shape index (κ3) is 17.4. The van der Waals surface area contributed by atoms with Crippen molar-refractivity contribution in [3.63, 3.8) is 0 Å². The summed E-state index contributed by atoms with van der Waals surface area (Å²) in [7, 11) is 0. The maximum absolute atomic E-state index is 13.4. The largest absolute Gasteiger partial charge is 0.480 e. The van der Waals surface area contributed by atoms with Gasteiger partial charge in [0.1, 0.15) is 30.2 Å². The van der Waals surface area contributed by atoms with E-state index in [1.807, 2.05) is 0 Å². The molecular weight excluding hydrogens is 680 g/mol. The van der Waals surface area contributed by atoms with Crippen molar-refractivity contribution < 1.29 is 44.1 Å². The molecule has 0 saturated heterocycles. The third-order valence-corrected chi connectivity index (χ3v) is 7.75. The van der Waals surface area contributed by atoms with Gasteiger partial charge in [0, 0.05) is 13.0 Å². The fraction of sp³-hybridized carbons (Fsp3) is 0.606. The number of aliphatic carboxylic acids is 1. The van der Waals surface area contributed by atoms with Crippen LogP contribution >= 0.6 is 0 Å². The number of aliphatic imine (C=N–C) groups is 1. The summed E-state index contributed by atoms with van der Waals surface area (Å²) >= 11 is 0. The minimum atomic E-state index is -1.66. The van der Waals surface area contributed by atoms with Crippen LogP contribution in [-0.4, -0.2) is 119 Å². The maximum atomic E-state index is 13.4. The summed E-state index contributed by atoms with van der Waals surface area (Å²) in [4.78, 5) is 81.4. The van der Waals surface area contributed by atoms with Crippen LogP contribution in [0.25, 0.3) is 0 Å². The molecule has 6 unspecified atom stereocenters. The van der Waals surface area contributed by atoms with E-state index in [4.69, 9.17) is 22.9 Å². The minimum Gasteiger partial charge on any atom is -0.480 e. The van der Waals surface area contributed by atoms with Gasteiger partial charge in [-0.05, 0) is 50.1 Å². The summed E-state index contributed by atoms with van der Waals surface area (Å²) in [6, 6.07) is 0.700. The summed E-state index contributed by atoms with van der Waals surface area (Å²) in [5.41, 5.74) is 22.9. The van der Waals surface area contributed by atoms with E-state index in [0.29, 0.717) is 31.4 Å². The van der Waals surface area contributed by atoms with Crippen molar-refractivity contribution in [3.05, 3.63) is 35.9 Å². The van der Waals surface area contributed by atoms with E-state index < -0.39 is 85.0 Å². The molecule has 52 heavy (non-hydrogen) atoms. The molecule has 0 bridgehead atoms. The molecule has 0 aliphatic carbocycles. The molecule has 0 aromatic heterocycles. The van der Waals surface area contributed by atoms with Crippen LogP contribution in [0.4, 0.5) is 0 Å². The zero-order valence-corrected chi connectivity index (χ0v) is 29.8. The van der Waals surface area contributed by atoms with Crippen LogP contribution in [0.1, 0.15) is 57.9 Å². The number of carboxylic acids is 1. The van der Waals surface area contributed by atoms with Gasteiger partial charge < -0.3 is 64.8 Å². The highest BCUT2D eigenvalue weighted by molar-refractivity contribution is 5.96. The van der Waals surface area contributed by atoms with Crippen molar-refractivity contribution in [1.82, 2.24) is 26.6 Å². The van der Waals surface area contributed by atoms with E-state index in [9.17, 15) is 44.1 Å². The SMILES string of the molecule is CC(C)CC(NC(=O)C(CCCN=C(N)N)NC(=O)C(CO)NC(=O)C(CO)NC(=O)C(Cc1ccccc1)NC(=O)C(N)CCCCN)C(=O)O. The van der Waals surface area contributed by atoms with Crippen molar-refractivity contribution in [3.8, 4) is 0 Å². The third-order valence-electron chi connectivity index (χ3n) is 7.75. The first kappa shape index (κ1) is 45.2. The molecule has 1 rings (SSSR count). The van der Waals surface area contributed by atoms with E-state index in [2.05, 4.69) is 31.6 Å². The number of aliphatic hydroxyl groups is 2. The van der Waals surface area contributed by atoms with Gasteiger partial charge >= 0.3 is 5.97 Å². The van der Waals surface area contributed by atoms with Gasteiger partial charge in [0.25, 0.3) is 0 Å². The van der Waals surface area contributed by atoms with Crippen molar-refractivity contribution in [2.45, 2.75) is 95.0 Å². The minimum absolute atomic E-state index is 0.0158. The molecule has 1 aromatic carbocycles. The van der Waals surface area contributed by atoms with Crippen LogP contribution in [0.2, 0.25) is 0 Å². The number of carboxylic acid groups (broad SMARTS) is 1. The fourth-order valence-electron chi connectivity index (χ4n) is 4.92. The lowest BCUT2D eigenvalue weighted by Gasteiger charge is -2.26. The molecule has 0 radical (unpaired) electrons. The highest BCUT2D eigenvalue weighted by Gasteiger charge is 2.32. The van der Waals surface area contributed by atoms with Gasteiger partial charge in [-0.15, -0.1) is 0 Å². The highest BCUT2D eigenvalue weighted by atomic mass is 16.4. The Balaban J connectivity index is 3.10. The molecule has 0 saturated carbocycles. The number of nitrogens with two attached hydrogens (primary N) is 4. The Bertz CT molecular complexity index is 1330. The van der Waals surface area contributed by atoms with Crippen LogP contribution in [-0.2, 0) is 35.2 Å². The van der Waals surface area contributed by atoms with Crippen LogP contribution < -0.4 is 49.5 Å². The summed E-state index contributed by atoms with van der Waals surface area (Å²) in [6.45, 7) is 2.18. The second-order valence-corrected chi connectivity index (χ2v) is 12.7. The van der Waals surface area contributed by atoms with Crippen molar-refractivity contribution in [2.24, 2.45) is 33.8 Å². The van der Waals surface area contributed by atoms with Crippen LogP contribution in [0, 0.1) is 5.92 Å². The number of carbonyl (C=O) groups is 6. The monoisotopic (exact) mass is 736 g/mol. The summed E-state index contributed by atoms with van der Waals surface area (Å²) < 4.78 is 0. The van der Waals surface area contributed by atoms with E-state index in [1.165, 1.54) is 0 Å². The first-order valence-corrected chi connectivity index (χ1v) is 17.1. The second kappa shape index (κ2) is 24.4. The van der Waals surface area contributed by atoms with Gasteiger partial charge in [0.15, 0.2) is 5.96 Å². The number of aliphatic hydroxyl groups excluding tert-OH is 2. The van der Waals surface area contributed by atoms with Gasteiger partial charge in [0.05, 0.1) is 19.3 Å². The van der Waals surface area contributed by atoms with Crippen LogP contribution in [0.3, 0.4) is 0 Å². The van der Waals surface area contributed by atoms with Crippen molar-refractivity contribution >= 4 is 41.5 Å². The fourth-order valence-corrected chi connectivity index (χ4v) is 4.92. The van der Waals surface area contributed by atoms with Gasteiger partial charge in [-0.1, -0.05) is 50.6 Å². The van der Waals surface area contributed by atoms with Gasteiger partial charge in [-0.3, -0.25) is 29.0 Å². The lowest BCUT2D eigenvalue weighted by atomic mass is 10.0. The van der Waals surface area contributed by atoms with Crippen molar-refractivity contribution in [1.29, 1.82) is 0 Å². The topological polar surface area (TPSA) is 340 Å². The maximum Gasteiger partial charge on any atom is 0.326 e. The number of benzene rings is 1. The molecule has 5 amide bonds. The molecule has 0 aliphatic rings. The van der Waals surface area contributed by atoms with Crippen LogP contribution in [0.15, 0.2) is 35.3 Å². The summed E-state index contributed by atoms with van der Waals surface area (Å²) in [5, 5.41) is 41.6. The van der Waals surface area contributed by atoms with E-state index in [-0.39, 0.29) is 44.1 Å². The number of hydrogen-bond donors (Lipinski definition) is 12. The Morgan fingerprint density at radius 2 is 1.19 bits per heavy atom. The Labute approximate surface area is 303 Å². The number of unbranched alkanes of at least 4 members (excludes halogenated alkanes) is 1. The zero-order valence-electron chi connectivity index (χ0n) is 29.8. The molecular formula is C33H56N10O9. The molecule has 0 heterocycles. The zero-order chi connectivity index (χ0) is 39.2. The van der Waals surface area contributed by atoms with Gasteiger partial charge in [-0.25, -0.2) is 4.79 Å². The Kier molecular flexibility index (Phi) is 21.2. The number of hydrogen-bond acceptors (Lipinski definition) is 11. The van der Waals surface area contributed by atoms with Crippen molar-refractivity contribution in [2.75, 3.05) is 26.3 Å². The number of amides is 5. The number of carbonyl (C=O) groups excluding carboxylic acids is 5. The Morgan fingerprint density at radius 1 is 0.692 bits per heavy atom. The molecule has 6 atom stereocenters. The smallest absolute Gasteiger partial charge is 0.326 e. The molecule has 19 heteroatoms. The lowest BCUT2D eigenvalue weighted by Crippen LogP contribution is -2.61. The van der Waals surface area contributed by atoms with E-state index in [0.717, 1.165) is 0 Å². The Hall–Kier alpha value is -4.85. The second-order valence-electron chi connectivity index (χ2n) is 12.7. The molecule has 1 aromatic rings. The molecule has 0 aliphatic heterocycles. The highest BCUT2D eigenvalue weighted by Crippen LogP contribution is 2.08. The first-order chi connectivity index (χ1) is 24.6. The first-order valence-electron chi connectivity index (χ1n) is 17.1. The predicted molar refractivity (Wildman–Crippen MR) is 192 cm³/mol. The number of guanidine groups is 1. The molecule has 19 nitrogen and oxygen atoms in total. The molecule has 292 valence electrons. The molecule has 16 N–H and O–H groups in total. The number of nitrogens with zero attached hydrogens (tertiary/aromatic N) is 1. The summed E-state index contributed by atoms with van der Waals surface area (Å²) in [5.74, 6) is -5.92. The number of rotatable bonds is 25. The standard InChI is InChI=1S/C33H56N10O9/c1-19(2)15-24(32(51)52)41-28(47)22(12-8-14-38-33(36)37)39-30(49)25(17-44)43-31(50)26(18-45)42-29(48)23(16-20-9-4-3-5-10-20)40-27(46)21(35)11-6-7-13-34/h3-5,9-10,19,21-26,44-45H,6-8,11-18,34-35H2,1-2H3,(H,39,49)(H,40,46)(H,41,47)(H,42,48)(H,43,50)(H,51,52)(H4,36,37,38). The Morgan fingerprint density at radius 3 is 1.69 bits per heavy atom. The van der Waals surface area contributed by atoms with Gasteiger partial charge in [0.2, 0.25) is 29.5 Å². The van der Waals surface area contributed by atoms with Crippen LogP contribution in [0.5, 0.6) is 0 Å². The average molecular weight is 737 g/mol. The van der Waals surface area contributed by atoms with E-state index in [1.54, 1.807) is 44.2 Å². The quantitative estimate of drug-likeness (QED) is 0.0261. The van der Waals surface area contributed by atoms with Gasteiger partial charge in [-0.2, -0.15) is 0 Å². The van der Waals surface area contributed by atoms with E-state index >= 15 is 0 Å². The number of nitrogens with one attached hydrogen (secondary N) is 5. The molecule has 0 spiro atoms.